The molecule has 2 aromatic carbocycles. The van der Waals surface area contributed by atoms with E-state index in [1.54, 1.807) is 11.9 Å². The largest absolute Gasteiger partial charge is 0.481 e. The van der Waals surface area contributed by atoms with Gasteiger partial charge in [-0.25, -0.2) is 4.79 Å². The number of fused-ring (bicyclic) bond motifs is 3. The SMILES string of the molecule is CC(CNC(=O)OCC1c2ccccc2-c2ccccc21)CC(=O)N(C)CCCCC(=O)O. The minimum absolute atomic E-state index is 0.0110. The fourth-order valence-corrected chi connectivity index (χ4v) is 4.18. The summed E-state index contributed by atoms with van der Waals surface area (Å²) in [5.41, 5.74) is 4.69. The number of carbonyl (C=O) groups is 3. The summed E-state index contributed by atoms with van der Waals surface area (Å²) in [6.07, 6.45) is 1.13. The normalized spacial score (nSPS) is 13.0. The van der Waals surface area contributed by atoms with Crippen molar-refractivity contribution in [1.29, 1.82) is 0 Å². The van der Waals surface area contributed by atoms with Crippen LogP contribution in [0.4, 0.5) is 4.79 Å². The average molecular weight is 453 g/mol. The highest BCUT2D eigenvalue weighted by atomic mass is 16.5. The Balaban J connectivity index is 1.41. The number of ether oxygens (including phenoxy) is 1. The third-order valence-corrected chi connectivity index (χ3v) is 6.02. The van der Waals surface area contributed by atoms with E-state index >= 15 is 0 Å². The fraction of sp³-hybridized carbons (Fsp3) is 0.423. The lowest BCUT2D eigenvalue weighted by atomic mass is 9.98. The molecule has 2 amide bonds. The molecule has 2 N–H and O–H groups in total. The molecule has 0 aliphatic heterocycles. The monoisotopic (exact) mass is 452 g/mol. The van der Waals surface area contributed by atoms with Gasteiger partial charge in [0.15, 0.2) is 0 Å². The molecule has 1 aliphatic carbocycles. The Kier molecular flexibility index (Phi) is 8.46. The number of nitrogens with one attached hydrogen (secondary N) is 1. The van der Waals surface area contributed by atoms with Crippen LogP contribution in [0.1, 0.15) is 49.7 Å². The number of rotatable bonds is 11. The van der Waals surface area contributed by atoms with Crippen LogP contribution in [0.2, 0.25) is 0 Å². The van der Waals surface area contributed by atoms with Crippen molar-refractivity contribution in [3.63, 3.8) is 0 Å². The molecule has 0 saturated carbocycles. The summed E-state index contributed by atoms with van der Waals surface area (Å²) in [4.78, 5) is 36.8. The fourth-order valence-electron chi connectivity index (χ4n) is 4.18. The summed E-state index contributed by atoms with van der Waals surface area (Å²) < 4.78 is 5.53. The maximum Gasteiger partial charge on any atom is 0.407 e. The van der Waals surface area contributed by atoms with Crippen molar-refractivity contribution in [2.75, 3.05) is 26.7 Å². The standard InChI is InChI=1S/C26H32N2O5/c1-18(15-24(29)28(2)14-8-7-13-25(30)31)16-27-26(32)33-17-23-21-11-5-3-9-19(21)20-10-4-6-12-22(20)23/h3-6,9-12,18,23H,7-8,13-17H2,1-2H3,(H,27,32)(H,30,31). The first-order valence-corrected chi connectivity index (χ1v) is 11.4. The highest BCUT2D eigenvalue weighted by molar-refractivity contribution is 5.79. The van der Waals surface area contributed by atoms with Gasteiger partial charge in [0.25, 0.3) is 0 Å². The topological polar surface area (TPSA) is 95.9 Å². The lowest BCUT2D eigenvalue weighted by molar-refractivity contribution is -0.137. The number of nitrogens with zero attached hydrogens (tertiary/aromatic N) is 1. The molecule has 0 aromatic heterocycles. The first kappa shape index (κ1) is 24.3. The predicted octanol–water partition coefficient (Wildman–Crippen LogP) is 4.26. The number of hydrogen-bond donors (Lipinski definition) is 2. The number of hydrogen-bond acceptors (Lipinski definition) is 4. The van der Waals surface area contributed by atoms with E-state index in [0.717, 1.165) is 11.1 Å². The molecule has 0 radical (unpaired) electrons. The zero-order chi connectivity index (χ0) is 23.8. The second-order valence-corrected chi connectivity index (χ2v) is 8.68. The van der Waals surface area contributed by atoms with Crippen LogP contribution in [0.15, 0.2) is 48.5 Å². The van der Waals surface area contributed by atoms with Gasteiger partial charge in [0, 0.05) is 38.9 Å². The van der Waals surface area contributed by atoms with Crippen molar-refractivity contribution in [2.45, 2.75) is 38.5 Å². The summed E-state index contributed by atoms with van der Waals surface area (Å²) in [5, 5.41) is 11.4. The zero-order valence-electron chi connectivity index (χ0n) is 19.3. The summed E-state index contributed by atoms with van der Waals surface area (Å²) in [5.74, 6) is -0.875. The van der Waals surface area contributed by atoms with Crippen molar-refractivity contribution in [3.8, 4) is 11.1 Å². The van der Waals surface area contributed by atoms with Gasteiger partial charge in [-0.05, 0) is 41.0 Å². The van der Waals surface area contributed by atoms with Crippen LogP contribution in [0.3, 0.4) is 0 Å². The van der Waals surface area contributed by atoms with Gasteiger partial charge in [-0.3, -0.25) is 9.59 Å². The number of alkyl carbamates (subject to hydrolysis) is 1. The molecule has 33 heavy (non-hydrogen) atoms. The van der Waals surface area contributed by atoms with Crippen LogP contribution in [0, 0.1) is 5.92 Å². The minimum atomic E-state index is -0.822. The second-order valence-electron chi connectivity index (χ2n) is 8.68. The number of carboxylic acid groups (broad SMARTS) is 1. The average Bonchev–Trinajstić information content (AvgIpc) is 3.12. The third kappa shape index (κ3) is 6.57. The number of benzene rings is 2. The molecule has 176 valence electrons. The van der Waals surface area contributed by atoms with Crippen LogP contribution in [-0.4, -0.2) is 54.7 Å². The van der Waals surface area contributed by atoms with E-state index in [1.807, 2.05) is 31.2 Å². The van der Waals surface area contributed by atoms with Crippen LogP contribution in [0.5, 0.6) is 0 Å². The molecule has 2 aromatic rings. The number of amides is 2. The first-order valence-electron chi connectivity index (χ1n) is 11.4. The Morgan fingerprint density at radius 3 is 2.24 bits per heavy atom. The molecule has 0 saturated heterocycles. The van der Waals surface area contributed by atoms with E-state index in [2.05, 4.69) is 29.6 Å². The van der Waals surface area contributed by atoms with E-state index in [1.165, 1.54) is 11.1 Å². The maximum atomic E-state index is 12.3. The van der Waals surface area contributed by atoms with E-state index in [4.69, 9.17) is 9.84 Å². The number of aliphatic carboxylic acids is 1. The van der Waals surface area contributed by atoms with Gasteiger partial charge in [0.2, 0.25) is 5.91 Å². The van der Waals surface area contributed by atoms with Gasteiger partial charge in [-0.1, -0.05) is 55.5 Å². The smallest absolute Gasteiger partial charge is 0.407 e. The molecule has 1 unspecified atom stereocenters. The lowest BCUT2D eigenvalue weighted by Gasteiger charge is -2.20. The summed E-state index contributed by atoms with van der Waals surface area (Å²) in [7, 11) is 1.72. The molecule has 0 fully saturated rings. The maximum absolute atomic E-state index is 12.3. The molecule has 0 bridgehead atoms. The second kappa shape index (κ2) is 11.5. The van der Waals surface area contributed by atoms with Crippen molar-refractivity contribution < 1.29 is 24.2 Å². The highest BCUT2D eigenvalue weighted by Gasteiger charge is 2.29. The molecular formula is C26H32N2O5. The number of carbonyl (C=O) groups excluding carboxylic acids is 2. The van der Waals surface area contributed by atoms with E-state index < -0.39 is 12.1 Å². The van der Waals surface area contributed by atoms with Gasteiger partial charge in [0.1, 0.15) is 6.61 Å². The van der Waals surface area contributed by atoms with Gasteiger partial charge < -0.3 is 20.1 Å². The van der Waals surface area contributed by atoms with Crippen LogP contribution >= 0.6 is 0 Å². The molecule has 1 aliphatic rings. The van der Waals surface area contributed by atoms with Crippen LogP contribution in [-0.2, 0) is 14.3 Å². The number of unbranched alkanes of at least 4 members (excludes halogenated alkanes) is 1. The van der Waals surface area contributed by atoms with Crippen molar-refractivity contribution in [3.05, 3.63) is 59.7 Å². The van der Waals surface area contributed by atoms with Crippen molar-refractivity contribution >= 4 is 18.0 Å². The Hall–Kier alpha value is -3.35. The molecule has 7 heteroatoms. The predicted molar refractivity (Wildman–Crippen MR) is 126 cm³/mol. The Morgan fingerprint density at radius 1 is 1.03 bits per heavy atom. The lowest BCUT2D eigenvalue weighted by Crippen LogP contribution is -2.34. The van der Waals surface area contributed by atoms with Crippen molar-refractivity contribution in [1.82, 2.24) is 10.2 Å². The number of carboxylic acids is 1. The Bertz CT molecular complexity index is 945. The van der Waals surface area contributed by atoms with Gasteiger partial charge in [-0.2, -0.15) is 0 Å². The zero-order valence-corrected chi connectivity index (χ0v) is 19.3. The summed E-state index contributed by atoms with van der Waals surface area (Å²) in [6.45, 7) is 3.03. The van der Waals surface area contributed by atoms with E-state index in [-0.39, 0.29) is 30.8 Å². The summed E-state index contributed by atoms with van der Waals surface area (Å²) >= 11 is 0. The molecule has 3 rings (SSSR count). The first-order chi connectivity index (χ1) is 15.9. The molecule has 7 nitrogen and oxygen atoms in total. The van der Waals surface area contributed by atoms with E-state index in [0.29, 0.717) is 32.4 Å². The van der Waals surface area contributed by atoms with Crippen molar-refractivity contribution in [2.24, 2.45) is 5.92 Å². The molecule has 0 heterocycles. The Labute approximate surface area is 194 Å². The van der Waals surface area contributed by atoms with Gasteiger partial charge in [-0.15, -0.1) is 0 Å². The highest BCUT2D eigenvalue weighted by Crippen LogP contribution is 2.44. The molecule has 1 atom stereocenters. The minimum Gasteiger partial charge on any atom is -0.481 e. The van der Waals surface area contributed by atoms with Gasteiger partial charge in [0.05, 0.1) is 0 Å². The van der Waals surface area contributed by atoms with E-state index in [9.17, 15) is 14.4 Å². The summed E-state index contributed by atoms with van der Waals surface area (Å²) in [6, 6.07) is 16.4. The van der Waals surface area contributed by atoms with Crippen LogP contribution in [0.25, 0.3) is 11.1 Å². The quantitative estimate of drug-likeness (QED) is 0.497. The van der Waals surface area contributed by atoms with Gasteiger partial charge >= 0.3 is 12.1 Å². The third-order valence-electron chi connectivity index (χ3n) is 6.02. The van der Waals surface area contributed by atoms with Crippen LogP contribution < -0.4 is 5.32 Å². The molecule has 0 spiro atoms. The molecular weight excluding hydrogens is 420 g/mol. The Morgan fingerprint density at radius 2 is 1.64 bits per heavy atom.